The molecule has 6 heteroatoms. The van der Waals surface area contributed by atoms with Gasteiger partial charge in [0, 0.05) is 12.6 Å². The number of nitrogens with one attached hydrogen (secondary N) is 1. The zero-order valence-corrected chi connectivity index (χ0v) is 9.61. The van der Waals surface area contributed by atoms with E-state index in [2.05, 4.69) is 5.32 Å². The van der Waals surface area contributed by atoms with Crippen LogP contribution in [0.2, 0.25) is 0 Å². The Balaban J connectivity index is 1.91. The van der Waals surface area contributed by atoms with Crippen molar-refractivity contribution in [3.8, 4) is 0 Å². The van der Waals surface area contributed by atoms with Crippen molar-refractivity contribution >= 4 is 23.2 Å². The first-order chi connectivity index (χ1) is 8.16. The molecule has 0 aliphatic heterocycles. The van der Waals surface area contributed by atoms with Crippen molar-refractivity contribution in [1.29, 1.82) is 0 Å². The molecule has 2 aromatic rings. The molecule has 1 atom stereocenters. The van der Waals surface area contributed by atoms with Crippen LogP contribution >= 0.6 is 11.3 Å². The molecule has 17 heavy (non-hydrogen) atoms. The van der Waals surface area contributed by atoms with Crippen molar-refractivity contribution in [2.45, 2.75) is 6.10 Å². The van der Waals surface area contributed by atoms with E-state index >= 15 is 0 Å². The average Bonchev–Trinajstić information content (AvgIpc) is 2.97. The van der Waals surface area contributed by atoms with Crippen molar-refractivity contribution in [2.75, 3.05) is 11.9 Å². The molecule has 1 unspecified atom stereocenters. The number of carbonyl (C=O) groups is 1. The standard InChI is InChI=1S/C11H11NO4S/c13-8(7-3-4-17-6-7)5-12-10-2-1-9(16-10)11(14)15/h1-4,6,8,12-13H,5H2,(H,14,15). The van der Waals surface area contributed by atoms with Gasteiger partial charge in [0.25, 0.3) is 0 Å². The van der Waals surface area contributed by atoms with E-state index in [9.17, 15) is 9.90 Å². The number of carboxylic acid groups (broad SMARTS) is 1. The second-order valence-corrected chi connectivity index (χ2v) is 4.20. The van der Waals surface area contributed by atoms with Crippen LogP contribution in [0.25, 0.3) is 0 Å². The number of hydrogen-bond donors (Lipinski definition) is 3. The van der Waals surface area contributed by atoms with Gasteiger partial charge in [0.1, 0.15) is 0 Å². The molecule has 0 aromatic carbocycles. The fourth-order valence-electron chi connectivity index (χ4n) is 1.33. The van der Waals surface area contributed by atoms with Crippen LogP contribution in [0.4, 0.5) is 5.88 Å². The maximum absolute atomic E-state index is 10.6. The zero-order chi connectivity index (χ0) is 12.3. The number of aliphatic hydroxyl groups is 1. The van der Waals surface area contributed by atoms with Gasteiger partial charge >= 0.3 is 5.97 Å². The van der Waals surface area contributed by atoms with E-state index < -0.39 is 12.1 Å². The molecule has 0 saturated carbocycles. The highest BCUT2D eigenvalue weighted by Gasteiger charge is 2.11. The third-order valence-corrected chi connectivity index (χ3v) is 2.92. The van der Waals surface area contributed by atoms with Gasteiger partial charge in [0.15, 0.2) is 5.88 Å². The SMILES string of the molecule is O=C(O)c1ccc(NCC(O)c2ccsc2)o1. The smallest absolute Gasteiger partial charge is 0.371 e. The van der Waals surface area contributed by atoms with Crippen molar-refractivity contribution in [3.63, 3.8) is 0 Å². The molecule has 2 aromatic heterocycles. The van der Waals surface area contributed by atoms with E-state index in [4.69, 9.17) is 9.52 Å². The predicted molar refractivity (Wildman–Crippen MR) is 63.4 cm³/mol. The Morgan fingerprint density at radius 3 is 2.88 bits per heavy atom. The quantitative estimate of drug-likeness (QED) is 0.760. The maximum atomic E-state index is 10.6. The van der Waals surface area contributed by atoms with E-state index in [-0.39, 0.29) is 12.3 Å². The monoisotopic (exact) mass is 253 g/mol. The lowest BCUT2D eigenvalue weighted by atomic mass is 10.2. The number of furan rings is 1. The van der Waals surface area contributed by atoms with Gasteiger partial charge in [-0.3, -0.25) is 0 Å². The molecule has 90 valence electrons. The minimum absolute atomic E-state index is 0.127. The molecule has 0 radical (unpaired) electrons. The van der Waals surface area contributed by atoms with Crippen molar-refractivity contribution in [2.24, 2.45) is 0 Å². The van der Waals surface area contributed by atoms with Gasteiger partial charge in [-0.2, -0.15) is 11.3 Å². The molecule has 0 bridgehead atoms. The van der Waals surface area contributed by atoms with Crippen LogP contribution in [-0.2, 0) is 0 Å². The Labute approximate surface area is 101 Å². The van der Waals surface area contributed by atoms with Crippen LogP contribution in [-0.4, -0.2) is 22.7 Å². The van der Waals surface area contributed by atoms with E-state index in [1.54, 1.807) is 0 Å². The fourth-order valence-corrected chi connectivity index (χ4v) is 2.03. The highest BCUT2D eigenvalue weighted by atomic mass is 32.1. The van der Waals surface area contributed by atoms with Gasteiger partial charge in [0.2, 0.25) is 5.76 Å². The van der Waals surface area contributed by atoms with Crippen LogP contribution < -0.4 is 5.32 Å². The van der Waals surface area contributed by atoms with Gasteiger partial charge in [0.05, 0.1) is 6.10 Å². The van der Waals surface area contributed by atoms with Crippen molar-refractivity contribution < 1.29 is 19.4 Å². The van der Waals surface area contributed by atoms with E-state index in [1.807, 2.05) is 16.8 Å². The molecule has 3 N–H and O–H groups in total. The average molecular weight is 253 g/mol. The lowest BCUT2D eigenvalue weighted by Gasteiger charge is -2.09. The van der Waals surface area contributed by atoms with Crippen LogP contribution in [0.5, 0.6) is 0 Å². The summed E-state index contributed by atoms with van der Waals surface area (Å²) < 4.78 is 4.99. The second-order valence-electron chi connectivity index (χ2n) is 3.42. The summed E-state index contributed by atoms with van der Waals surface area (Å²) in [7, 11) is 0. The van der Waals surface area contributed by atoms with Gasteiger partial charge in [-0.05, 0) is 28.5 Å². The first kappa shape index (κ1) is 11.7. The number of aliphatic hydroxyl groups excluding tert-OH is 1. The molecule has 0 aliphatic rings. The van der Waals surface area contributed by atoms with E-state index in [0.717, 1.165) is 5.56 Å². The van der Waals surface area contributed by atoms with Gasteiger partial charge in [-0.15, -0.1) is 0 Å². The Morgan fingerprint density at radius 1 is 1.47 bits per heavy atom. The number of anilines is 1. The third kappa shape index (κ3) is 2.86. The topological polar surface area (TPSA) is 82.7 Å². The number of carboxylic acids is 1. The first-order valence-corrected chi connectivity index (χ1v) is 5.88. The van der Waals surface area contributed by atoms with E-state index in [1.165, 1.54) is 23.5 Å². The molecule has 2 rings (SSSR count). The summed E-state index contributed by atoms with van der Waals surface area (Å²) in [5.74, 6) is -0.911. The number of thiophene rings is 1. The molecule has 0 saturated heterocycles. The molecular weight excluding hydrogens is 242 g/mol. The summed E-state index contributed by atoms with van der Waals surface area (Å²) in [5, 5.41) is 25.0. The molecular formula is C11H11NO4S. The summed E-state index contributed by atoms with van der Waals surface area (Å²) in [4.78, 5) is 10.6. The summed E-state index contributed by atoms with van der Waals surface area (Å²) >= 11 is 1.51. The van der Waals surface area contributed by atoms with Gasteiger partial charge < -0.3 is 19.9 Å². The van der Waals surface area contributed by atoms with Gasteiger partial charge in [-0.25, -0.2) is 4.79 Å². The molecule has 0 spiro atoms. The Hall–Kier alpha value is -1.79. The minimum atomic E-state index is -1.11. The Bertz CT molecular complexity index is 491. The number of rotatable bonds is 5. The summed E-state index contributed by atoms with van der Waals surface area (Å²) in [6, 6.07) is 4.72. The van der Waals surface area contributed by atoms with Crippen LogP contribution in [0.15, 0.2) is 33.4 Å². The highest BCUT2D eigenvalue weighted by molar-refractivity contribution is 7.07. The second kappa shape index (κ2) is 5.03. The molecule has 0 amide bonds. The van der Waals surface area contributed by atoms with Gasteiger partial charge in [-0.1, -0.05) is 0 Å². The molecule has 2 heterocycles. The molecule has 0 aliphatic carbocycles. The Morgan fingerprint density at radius 2 is 2.29 bits per heavy atom. The van der Waals surface area contributed by atoms with Crippen LogP contribution in [0, 0.1) is 0 Å². The lowest BCUT2D eigenvalue weighted by Crippen LogP contribution is -2.10. The normalized spacial score (nSPS) is 12.3. The molecule has 5 nitrogen and oxygen atoms in total. The highest BCUT2D eigenvalue weighted by Crippen LogP contribution is 2.18. The number of hydrogen-bond acceptors (Lipinski definition) is 5. The maximum Gasteiger partial charge on any atom is 0.371 e. The van der Waals surface area contributed by atoms with E-state index in [0.29, 0.717) is 5.88 Å². The van der Waals surface area contributed by atoms with Crippen LogP contribution in [0.1, 0.15) is 22.2 Å². The minimum Gasteiger partial charge on any atom is -0.475 e. The van der Waals surface area contributed by atoms with Crippen LogP contribution in [0.3, 0.4) is 0 Å². The summed E-state index contributed by atoms with van der Waals surface area (Å²) in [6.45, 7) is 0.267. The summed E-state index contributed by atoms with van der Waals surface area (Å²) in [5.41, 5.74) is 0.826. The molecule has 0 fully saturated rings. The number of aromatic carboxylic acids is 1. The first-order valence-electron chi connectivity index (χ1n) is 4.94. The van der Waals surface area contributed by atoms with Crippen molar-refractivity contribution in [1.82, 2.24) is 0 Å². The lowest BCUT2D eigenvalue weighted by molar-refractivity contribution is 0.0663. The van der Waals surface area contributed by atoms with Crippen molar-refractivity contribution in [3.05, 3.63) is 40.3 Å². The Kier molecular flexibility index (Phi) is 3.46. The fraction of sp³-hybridized carbons (Fsp3) is 0.182. The largest absolute Gasteiger partial charge is 0.475 e. The zero-order valence-electron chi connectivity index (χ0n) is 8.79. The third-order valence-electron chi connectivity index (χ3n) is 2.21. The predicted octanol–water partition coefficient (Wildman–Crippen LogP) is 2.18. The summed E-state index contributed by atoms with van der Waals surface area (Å²) in [6.07, 6.45) is -0.639.